The molecule has 5 heteroatoms. The first kappa shape index (κ1) is 11.3. The Morgan fingerprint density at radius 2 is 2.22 bits per heavy atom. The first-order valence-corrected chi connectivity index (χ1v) is 6.18. The molecule has 0 unspecified atom stereocenters. The molecule has 2 atom stereocenters. The van der Waals surface area contributed by atoms with E-state index in [-0.39, 0.29) is 0 Å². The van der Waals surface area contributed by atoms with Gasteiger partial charge >= 0.3 is 0 Å². The minimum atomic E-state index is 0.296. The lowest BCUT2D eigenvalue weighted by Crippen LogP contribution is -2.05. The third-order valence-corrected chi connectivity index (χ3v) is 4.15. The van der Waals surface area contributed by atoms with Gasteiger partial charge in [0.05, 0.1) is 0 Å². The van der Waals surface area contributed by atoms with Crippen molar-refractivity contribution >= 4 is 0 Å². The van der Waals surface area contributed by atoms with Gasteiger partial charge in [-0.05, 0) is 40.6 Å². The standard InChI is InChI=1S/C13H17N5/c1-13(2)10(7-14)11(13)8-4-3-5-9(6-8)12-15-17-18-16-12/h3-6,10-11H,7,14H2,1-2H3,(H,15,16,17,18)/t10-,11-/m0/s1. The molecule has 94 valence electrons. The Balaban J connectivity index is 1.94. The Morgan fingerprint density at radius 1 is 1.39 bits per heavy atom. The lowest BCUT2D eigenvalue weighted by molar-refractivity contribution is 0.558. The highest BCUT2D eigenvalue weighted by atomic mass is 15.5. The molecular formula is C13H17N5. The molecule has 1 saturated carbocycles. The summed E-state index contributed by atoms with van der Waals surface area (Å²) in [6, 6.07) is 8.35. The molecule has 2 aromatic rings. The van der Waals surface area contributed by atoms with E-state index in [9.17, 15) is 0 Å². The minimum absolute atomic E-state index is 0.296. The van der Waals surface area contributed by atoms with E-state index in [1.54, 1.807) is 0 Å². The van der Waals surface area contributed by atoms with E-state index in [2.05, 4.69) is 46.6 Å². The van der Waals surface area contributed by atoms with Crippen LogP contribution in [-0.2, 0) is 0 Å². The number of tetrazole rings is 1. The Labute approximate surface area is 106 Å². The lowest BCUT2D eigenvalue weighted by Gasteiger charge is -2.04. The van der Waals surface area contributed by atoms with E-state index < -0.39 is 0 Å². The zero-order valence-electron chi connectivity index (χ0n) is 10.6. The zero-order valence-corrected chi connectivity index (χ0v) is 10.6. The fourth-order valence-corrected chi connectivity index (χ4v) is 3.00. The van der Waals surface area contributed by atoms with E-state index in [4.69, 9.17) is 5.73 Å². The second-order valence-corrected chi connectivity index (χ2v) is 5.50. The van der Waals surface area contributed by atoms with Crippen LogP contribution in [0.4, 0.5) is 0 Å². The molecular weight excluding hydrogens is 226 g/mol. The molecule has 3 N–H and O–H groups in total. The summed E-state index contributed by atoms with van der Waals surface area (Å²) >= 11 is 0. The van der Waals surface area contributed by atoms with Gasteiger partial charge in [0.25, 0.3) is 0 Å². The van der Waals surface area contributed by atoms with Crippen LogP contribution in [-0.4, -0.2) is 27.2 Å². The van der Waals surface area contributed by atoms with Crippen molar-refractivity contribution in [2.24, 2.45) is 17.1 Å². The average Bonchev–Trinajstić information content (AvgIpc) is 2.76. The van der Waals surface area contributed by atoms with E-state index in [0.717, 1.165) is 12.1 Å². The summed E-state index contributed by atoms with van der Waals surface area (Å²) in [4.78, 5) is 0. The first-order chi connectivity index (χ1) is 8.64. The number of aromatic amines is 1. The number of benzene rings is 1. The van der Waals surface area contributed by atoms with Crippen LogP contribution in [0.3, 0.4) is 0 Å². The van der Waals surface area contributed by atoms with Gasteiger partial charge in [0.1, 0.15) is 0 Å². The molecule has 18 heavy (non-hydrogen) atoms. The SMILES string of the molecule is CC1(C)[C@@H](CN)[C@@H]1c1cccc(-c2nn[nH]n2)c1. The summed E-state index contributed by atoms with van der Waals surface area (Å²) in [5, 5.41) is 14.1. The number of rotatable bonds is 3. The third kappa shape index (κ3) is 1.62. The van der Waals surface area contributed by atoms with Crippen LogP contribution in [0.15, 0.2) is 24.3 Å². The van der Waals surface area contributed by atoms with Crippen LogP contribution in [0.25, 0.3) is 11.4 Å². The average molecular weight is 243 g/mol. The maximum atomic E-state index is 5.83. The molecule has 1 aliphatic rings. The van der Waals surface area contributed by atoms with Crippen molar-refractivity contribution in [3.05, 3.63) is 29.8 Å². The Kier molecular flexibility index (Phi) is 2.45. The van der Waals surface area contributed by atoms with Crippen molar-refractivity contribution in [3.63, 3.8) is 0 Å². The Bertz CT molecular complexity index is 546. The third-order valence-electron chi connectivity index (χ3n) is 4.15. The van der Waals surface area contributed by atoms with Crippen molar-refractivity contribution in [1.29, 1.82) is 0 Å². The molecule has 1 heterocycles. The van der Waals surface area contributed by atoms with Gasteiger partial charge < -0.3 is 5.73 Å². The van der Waals surface area contributed by atoms with Crippen LogP contribution in [0.2, 0.25) is 0 Å². The van der Waals surface area contributed by atoms with Gasteiger partial charge in [-0.15, -0.1) is 10.2 Å². The molecule has 3 rings (SSSR count). The van der Waals surface area contributed by atoms with E-state index in [1.807, 2.05) is 12.1 Å². The topological polar surface area (TPSA) is 80.5 Å². The highest BCUT2D eigenvalue weighted by Crippen LogP contribution is 2.63. The first-order valence-electron chi connectivity index (χ1n) is 6.18. The molecule has 1 fully saturated rings. The fraction of sp³-hybridized carbons (Fsp3) is 0.462. The number of hydrogen-bond donors (Lipinski definition) is 2. The summed E-state index contributed by atoms with van der Waals surface area (Å²) in [5.41, 5.74) is 8.44. The fourth-order valence-electron chi connectivity index (χ4n) is 3.00. The van der Waals surface area contributed by atoms with Crippen molar-refractivity contribution in [1.82, 2.24) is 20.6 Å². The zero-order chi connectivity index (χ0) is 12.8. The van der Waals surface area contributed by atoms with Gasteiger partial charge in [-0.3, -0.25) is 0 Å². The van der Waals surface area contributed by atoms with Crippen LogP contribution in [0.5, 0.6) is 0 Å². The number of nitrogens with zero attached hydrogens (tertiary/aromatic N) is 3. The molecule has 0 amide bonds. The highest BCUT2D eigenvalue weighted by molar-refractivity contribution is 5.56. The summed E-state index contributed by atoms with van der Waals surface area (Å²) < 4.78 is 0. The van der Waals surface area contributed by atoms with Gasteiger partial charge in [-0.1, -0.05) is 32.0 Å². The summed E-state index contributed by atoms with van der Waals surface area (Å²) in [7, 11) is 0. The van der Waals surface area contributed by atoms with Crippen LogP contribution in [0, 0.1) is 11.3 Å². The van der Waals surface area contributed by atoms with Gasteiger partial charge in [0, 0.05) is 5.56 Å². The minimum Gasteiger partial charge on any atom is -0.330 e. The molecule has 1 aromatic carbocycles. The van der Waals surface area contributed by atoms with Gasteiger partial charge in [-0.2, -0.15) is 5.21 Å². The Hall–Kier alpha value is -1.75. The quantitative estimate of drug-likeness (QED) is 0.857. The number of aromatic nitrogens is 4. The highest BCUT2D eigenvalue weighted by Gasteiger charge is 2.57. The van der Waals surface area contributed by atoms with Gasteiger partial charge in [0.15, 0.2) is 0 Å². The summed E-state index contributed by atoms with van der Waals surface area (Å²) in [6.45, 7) is 5.29. The predicted octanol–water partition coefficient (Wildman–Crippen LogP) is 1.56. The smallest absolute Gasteiger partial charge is 0.204 e. The van der Waals surface area contributed by atoms with Crippen molar-refractivity contribution in [2.45, 2.75) is 19.8 Å². The molecule has 1 aliphatic carbocycles. The van der Waals surface area contributed by atoms with Crippen LogP contribution >= 0.6 is 0 Å². The summed E-state index contributed by atoms with van der Waals surface area (Å²) in [5.74, 6) is 1.74. The number of hydrogen-bond acceptors (Lipinski definition) is 4. The molecule has 0 bridgehead atoms. The number of nitrogens with two attached hydrogens (primary N) is 1. The largest absolute Gasteiger partial charge is 0.330 e. The van der Waals surface area contributed by atoms with Crippen LogP contribution < -0.4 is 5.73 Å². The molecule has 0 saturated heterocycles. The second-order valence-electron chi connectivity index (χ2n) is 5.50. The maximum Gasteiger partial charge on any atom is 0.204 e. The van der Waals surface area contributed by atoms with Gasteiger partial charge in [0.2, 0.25) is 5.82 Å². The lowest BCUT2D eigenvalue weighted by atomic mass is 10.0. The van der Waals surface area contributed by atoms with Crippen molar-refractivity contribution in [3.8, 4) is 11.4 Å². The molecule has 0 aliphatic heterocycles. The Morgan fingerprint density at radius 3 is 2.83 bits per heavy atom. The maximum absolute atomic E-state index is 5.83. The molecule has 1 aromatic heterocycles. The molecule has 0 spiro atoms. The monoisotopic (exact) mass is 243 g/mol. The number of nitrogens with one attached hydrogen (secondary N) is 1. The molecule has 5 nitrogen and oxygen atoms in total. The van der Waals surface area contributed by atoms with E-state index in [1.165, 1.54) is 5.56 Å². The van der Waals surface area contributed by atoms with Crippen molar-refractivity contribution in [2.75, 3.05) is 6.54 Å². The van der Waals surface area contributed by atoms with E-state index in [0.29, 0.717) is 23.1 Å². The van der Waals surface area contributed by atoms with Crippen LogP contribution in [0.1, 0.15) is 25.3 Å². The van der Waals surface area contributed by atoms with E-state index >= 15 is 0 Å². The predicted molar refractivity (Wildman–Crippen MR) is 68.7 cm³/mol. The second kappa shape index (κ2) is 3.88. The van der Waals surface area contributed by atoms with Gasteiger partial charge in [-0.25, -0.2) is 0 Å². The normalized spacial score (nSPS) is 25.1. The number of H-pyrrole nitrogens is 1. The summed E-state index contributed by atoms with van der Waals surface area (Å²) in [6.07, 6.45) is 0. The van der Waals surface area contributed by atoms with Crippen molar-refractivity contribution < 1.29 is 0 Å². The molecule has 0 radical (unpaired) electrons.